The molecule has 9 nitrogen and oxygen atoms in total. The van der Waals surface area contributed by atoms with Gasteiger partial charge in [-0.3, -0.25) is 9.13 Å². The molecule has 0 aliphatic rings. The lowest BCUT2D eigenvalue weighted by Crippen LogP contribution is -2.02. The Morgan fingerprint density at radius 2 is 1.58 bits per heavy atom. The van der Waals surface area contributed by atoms with Crippen molar-refractivity contribution < 1.29 is 0 Å². The second-order valence-corrected chi connectivity index (χ2v) is 3.92. The van der Waals surface area contributed by atoms with Crippen molar-refractivity contribution in [3.05, 3.63) is 11.6 Å². The van der Waals surface area contributed by atoms with Crippen molar-refractivity contribution in [1.82, 2.24) is 29.5 Å². The largest absolute Gasteiger partial charge is 0.296 e. The molecule has 19 heavy (non-hydrogen) atoms. The van der Waals surface area contributed by atoms with E-state index in [0.29, 0.717) is 11.9 Å². The van der Waals surface area contributed by atoms with E-state index >= 15 is 0 Å². The molecule has 9 heteroatoms. The SMILES string of the molecule is CCn1c(C)nnc1N=NNc1nnc(C)n1CC. The van der Waals surface area contributed by atoms with Gasteiger partial charge in [-0.05, 0) is 27.7 Å². The molecule has 0 saturated carbocycles. The summed E-state index contributed by atoms with van der Waals surface area (Å²) in [5.41, 5.74) is 2.76. The van der Waals surface area contributed by atoms with Gasteiger partial charge in [-0.25, -0.2) is 5.43 Å². The Balaban J connectivity index is 2.11. The van der Waals surface area contributed by atoms with Gasteiger partial charge in [0, 0.05) is 13.1 Å². The first-order valence-corrected chi connectivity index (χ1v) is 6.13. The zero-order chi connectivity index (χ0) is 13.8. The van der Waals surface area contributed by atoms with Crippen LogP contribution < -0.4 is 5.43 Å². The highest BCUT2D eigenvalue weighted by atomic mass is 15.5. The summed E-state index contributed by atoms with van der Waals surface area (Å²) in [4.78, 5) is 0. The summed E-state index contributed by atoms with van der Waals surface area (Å²) in [6.45, 7) is 9.28. The van der Waals surface area contributed by atoms with Crippen LogP contribution in [0.25, 0.3) is 0 Å². The third-order valence-electron chi connectivity index (χ3n) is 2.77. The minimum atomic E-state index is 0.465. The molecule has 0 amide bonds. The third-order valence-corrected chi connectivity index (χ3v) is 2.77. The second kappa shape index (κ2) is 5.55. The van der Waals surface area contributed by atoms with Gasteiger partial charge < -0.3 is 0 Å². The second-order valence-electron chi connectivity index (χ2n) is 3.92. The molecule has 2 rings (SSSR count). The van der Waals surface area contributed by atoms with Gasteiger partial charge in [-0.15, -0.1) is 20.4 Å². The number of hydrogen-bond donors (Lipinski definition) is 1. The average Bonchev–Trinajstić information content (AvgIpc) is 2.93. The molecule has 0 saturated heterocycles. The van der Waals surface area contributed by atoms with Crippen molar-refractivity contribution in [3.63, 3.8) is 0 Å². The Morgan fingerprint density at radius 1 is 0.947 bits per heavy atom. The van der Waals surface area contributed by atoms with Crippen molar-refractivity contribution in [1.29, 1.82) is 0 Å². The summed E-state index contributed by atoms with van der Waals surface area (Å²) in [6, 6.07) is 0. The van der Waals surface area contributed by atoms with Gasteiger partial charge in [-0.1, -0.05) is 10.3 Å². The van der Waals surface area contributed by atoms with Crippen LogP contribution in [-0.2, 0) is 13.1 Å². The Labute approximate surface area is 110 Å². The molecule has 2 heterocycles. The van der Waals surface area contributed by atoms with E-state index in [9.17, 15) is 0 Å². The minimum Gasteiger partial charge on any atom is -0.296 e. The highest BCUT2D eigenvalue weighted by molar-refractivity contribution is 5.24. The fourth-order valence-electron chi connectivity index (χ4n) is 1.77. The summed E-state index contributed by atoms with van der Waals surface area (Å²) >= 11 is 0. The van der Waals surface area contributed by atoms with Crippen molar-refractivity contribution >= 4 is 11.9 Å². The topological polar surface area (TPSA) is 98.2 Å². The first kappa shape index (κ1) is 13.1. The van der Waals surface area contributed by atoms with Crippen molar-refractivity contribution in [2.24, 2.45) is 10.3 Å². The van der Waals surface area contributed by atoms with E-state index in [1.807, 2.05) is 36.8 Å². The van der Waals surface area contributed by atoms with Crippen LogP contribution >= 0.6 is 0 Å². The van der Waals surface area contributed by atoms with E-state index in [2.05, 4.69) is 36.2 Å². The van der Waals surface area contributed by atoms with Crippen LogP contribution in [0.3, 0.4) is 0 Å². The van der Waals surface area contributed by atoms with Gasteiger partial charge in [0.05, 0.1) is 0 Å². The molecule has 2 aromatic rings. The maximum atomic E-state index is 4.00. The summed E-state index contributed by atoms with van der Waals surface area (Å²) in [7, 11) is 0. The average molecular weight is 263 g/mol. The van der Waals surface area contributed by atoms with E-state index in [1.54, 1.807) is 0 Å². The maximum Gasteiger partial charge on any atom is 0.271 e. The fraction of sp³-hybridized carbons (Fsp3) is 0.600. The van der Waals surface area contributed by atoms with Crippen LogP contribution in [0.15, 0.2) is 10.3 Å². The summed E-state index contributed by atoms with van der Waals surface area (Å²) < 4.78 is 3.76. The lowest BCUT2D eigenvalue weighted by molar-refractivity contribution is 0.720. The van der Waals surface area contributed by atoms with E-state index in [4.69, 9.17) is 0 Å². The quantitative estimate of drug-likeness (QED) is 0.653. The van der Waals surface area contributed by atoms with E-state index in [0.717, 1.165) is 24.7 Å². The Morgan fingerprint density at radius 3 is 2.26 bits per heavy atom. The molecule has 0 spiro atoms. The van der Waals surface area contributed by atoms with Gasteiger partial charge in [-0.2, -0.15) is 0 Å². The first-order valence-electron chi connectivity index (χ1n) is 6.13. The van der Waals surface area contributed by atoms with Gasteiger partial charge in [0.2, 0.25) is 5.95 Å². The molecule has 2 aromatic heterocycles. The number of nitrogens with zero attached hydrogens (tertiary/aromatic N) is 8. The van der Waals surface area contributed by atoms with Gasteiger partial charge >= 0.3 is 0 Å². The van der Waals surface area contributed by atoms with Crippen LogP contribution in [0.4, 0.5) is 11.9 Å². The van der Waals surface area contributed by atoms with E-state index < -0.39 is 0 Å². The number of aryl methyl sites for hydroxylation is 2. The minimum absolute atomic E-state index is 0.465. The van der Waals surface area contributed by atoms with Crippen molar-refractivity contribution in [3.8, 4) is 0 Å². The number of nitrogens with one attached hydrogen (secondary N) is 1. The molecule has 102 valence electrons. The van der Waals surface area contributed by atoms with Crippen LogP contribution in [0, 0.1) is 13.8 Å². The number of anilines is 1. The van der Waals surface area contributed by atoms with E-state index in [-0.39, 0.29) is 0 Å². The maximum absolute atomic E-state index is 4.00. The van der Waals surface area contributed by atoms with Crippen LogP contribution in [0.1, 0.15) is 25.5 Å². The monoisotopic (exact) mass is 263 g/mol. The van der Waals surface area contributed by atoms with Gasteiger partial charge in [0.15, 0.2) is 0 Å². The zero-order valence-corrected chi connectivity index (χ0v) is 11.5. The van der Waals surface area contributed by atoms with Crippen molar-refractivity contribution in [2.75, 3.05) is 5.43 Å². The molecule has 1 N–H and O–H groups in total. The number of hydrogen-bond acceptors (Lipinski definition) is 6. The lowest BCUT2D eigenvalue weighted by atomic mass is 10.6. The molecule has 0 fully saturated rings. The van der Waals surface area contributed by atoms with Gasteiger partial charge in [0.1, 0.15) is 11.6 Å². The Bertz CT molecular complexity index is 580. The molecule has 0 aliphatic carbocycles. The molecule has 0 unspecified atom stereocenters. The molecule has 0 bridgehead atoms. The summed E-state index contributed by atoms with van der Waals surface area (Å²) in [5, 5.41) is 23.7. The summed E-state index contributed by atoms with van der Waals surface area (Å²) in [6.07, 6.45) is 0. The smallest absolute Gasteiger partial charge is 0.271 e. The Hall–Kier alpha value is -2.32. The van der Waals surface area contributed by atoms with Crippen LogP contribution in [0.2, 0.25) is 0 Å². The molecule has 0 aromatic carbocycles. The predicted molar refractivity (Wildman–Crippen MR) is 69.0 cm³/mol. The standard InChI is InChI=1S/C10H17N9/c1-5-18-7(3)11-13-9(18)15-17-16-10-14-12-8(4)19(10)6-2/h5-6H2,1-4H3,(H,13,14,15,16). The number of aromatic nitrogens is 6. The number of rotatable bonds is 5. The van der Waals surface area contributed by atoms with Crippen LogP contribution in [-0.4, -0.2) is 29.5 Å². The lowest BCUT2D eigenvalue weighted by Gasteiger charge is -2.02. The molecule has 0 aliphatic heterocycles. The molecule has 0 atom stereocenters. The van der Waals surface area contributed by atoms with Crippen molar-refractivity contribution in [2.45, 2.75) is 40.8 Å². The van der Waals surface area contributed by atoms with E-state index in [1.165, 1.54) is 0 Å². The first-order chi connectivity index (χ1) is 9.17. The summed E-state index contributed by atoms with van der Waals surface area (Å²) in [5.74, 6) is 2.66. The molecular weight excluding hydrogens is 246 g/mol. The third kappa shape index (κ3) is 2.59. The molecular formula is C10H17N9. The molecule has 0 radical (unpaired) electrons. The fourth-order valence-corrected chi connectivity index (χ4v) is 1.77. The predicted octanol–water partition coefficient (Wildman–Crippen LogP) is 1.64. The normalized spacial score (nSPS) is 11.4. The highest BCUT2D eigenvalue weighted by Gasteiger charge is 2.07. The highest BCUT2D eigenvalue weighted by Crippen LogP contribution is 2.12. The zero-order valence-electron chi connectivity index (χ0n) is 11.5. The van der Waals surface area contributed by atoms with Gasteiger partial charge in [0.25, 0.3) is 5.95 Å². The Kier molecular flexibility index (Phi) is 3.83. The van der Waals surface area contributed by atoms with Crippen LogP contribution in [0.5, 0.6) is 0 Å².